The Labute approximate surface area is 175 Å². The number of carbonyl (C=O) groups excluding carboxylic acids is 1. The highest BCUT2D eigenvalue weighted by atomic mass is 79.9. The normalized spacial score (nSPS) is 20.4. The Bertz CT molecular complexity index is 848. The van der Waals surface area contributed by atoms with Crippen molar-refractivity contribution in [3.05, 3.63) is 22.2 Å². The summed E-state index contributed by atoms with van der Waals surface area (Å²) in [4.78, 5) is 16.9. The Morgan fingerprint density at radius 2 is 1.89 bits per heavy atom. The van der Waals surface area contributed by atoms with E-state index in [1.165, 1.54) is 19.3 Å². The van der Waals surface area contributed by atoms with Crippen molar-refractivity contribution in [2.45, 2.75) is 49.8 Å². The minimum atomic E-state index is -3.62. The highest BCUT2D eigenvalue weighted by Crippen LogP contribution is 2.39. The van der Waals surface area contributed by atoms with Gasteiger partial charge in [0.1, 0.15) is 0 Å². The third kappa shape index (κ3) is 4.45. The predicted octanol–water partition coefficient (Wildman–Crippen LogP) is 2.90. The van der Waals surface area contributed by atoms with Gasteiger partial charge in [-0.2, -0.15) is 0 Å². The minimum Gasteiger partial charge on any atom is -0.312 e. The van der Waals surface area contributed by atoms with E-state index in [0.29, 0.717) is 17.6 Å². The van der Waals surface area contributed by atoms with Gasteiger partial charge < -0.3 is 9.80 Å². The van der Waals surface area contributed by atoms with E-state index >= 15 is 0 Å². The van der Waals surface area contributed by atoms with Crippen LogP contribution in [0.2, 0.25) is 0 Å². The number of fused-ring (bicyclic) bond motifs is 1. The first kappa shape index (κ1) is 20.3. The number of carbonyl (C=O) groups is 1. The SMILES string of the molecule is O=C(C1CC1)N1CCc2cc(Br)c(S(=O)(=O)NCCCN3CCCCC3)cc21. The fraction of sp³-hybridized carbons (Fsp3) is 0.650. The Morgan fingerprint density at radius 3 is 2.61 bits per heavy atom. The summed E-state index contributed by atoms with van der Waals surface area (Å²) in [6.45, 7) is 4.23. The number of hydrogen-bond acceptors (Lipinski definition) is 4. The predicted molar refractivity (Wildman–Crippen MR) is 113 cm³/mol. The van der Waals surface area contributed by atoms with Crippen LogP contribution in [0.1, 0.15) is 44.1 Å². The first-order valence-electron chi connectivity index (χ1n) is 10.3. The van der Waals surface area contributed by atoms with Gasteiger partial charge in [-0.3, -0.25) is 4.79 Å². The topological polar surface area (TPSA) is 69.7 Å². The first-order chi connectivity index (χ1) is 13.5. The molecule has 2 heterocycles. The lowest BCUT2D eigenvalue weighted by Crippen LogP contribution is -2.33. The van der Waals surface area contributed by atoms with E-state index in [9.17, 15) is 13.2 Å². The lowest BCUT2D eigenvalue weighted by Gasteiger charge is -2.26. The quantitative estimate of drug-likeness (QED) is 0.623. The van der Waals surface area contributed by atoms with Crippen LogP contribution in [0.25, 0.3) is 0 Å². The van der Waals surface area contributed by atoms with Gasteiger partial charge in [0.2, 0.25) is 15.9 Å². The molecule has 0 radical (unpaired) electrons. The molecule has 8 heteroatoms. The Balaban J connectivity index is 1.42. The molecule has 1 N–H and O–H groups in total. The number of likely N-dealkylation sites (tertiary alicyclic amines) is 1. The Hall–Kier alpha value is -0.960. The van der Waals surface area contributed by atoms with Crippen molar-refractivity contribution in [1.29, 1.82) is 0 Å². The zero-order chi connectivity index (χ0) is 19.7. The molecule has 2 aliphatic heterocycles. The van der Waals surface area contributed by atoms with E-state index in [1.807, 2.05) is 6.07 Å². The molecule has 1 aliphatic carbocycles. The van der Waals surface area contributed by atoms with E-state index < -0.39 is 10.0 Å². The van der Waals surface area contributed by atoms with E-state index in [1.54, 1.807) is 11.0 Å². The number of anilines is 1. The molecular weight excluding hydrogens is 442 g/mol. The van der Waals surface area contributed by atoms with Crippen molar-refractivity contribution in [1.82, 2.24) is 9.62 Å². The summed E-state index contributed by atoms with van der Waals surface area (Å²) < 4.78 is 29.0. The summed E-state index contributed by atoms with van der Waals surface area (Å²) in [5, 5.41) is 0. The molecule has 0 spiro atoms. The molecule has 3 aliphatic rings. The number of halogens is 1. The number of benzene rings is 1. The second-order valence-electron chi connectivity index (χ2n) is 8.08. The van der Waals surface area contributed by atoms with E-state index in [-0.39, 0.29) is 16.7 Å². The van der Waals surface area contributed by atoms with E-state index in [4.69, 9.17) is 0 Å². The molecule has 0 aromatic heterocycles. The van der Waals surface area contributed by atoms with Gasteiger partial charge in [0.25, 0.3) is 0 Å². The molecule has 1 aromatic rings. The van der Waals surface area contributed by atoms with Gasteiger partial charge in [0.15, 0.2) is 0 Å². The third-order valence-corrected chi connectivity index (χ3v) is 8.32. The lowest BCUT2D eigenvalue weighted by molar-refractivity contribution is -0.119. The van der Waals surface area contributed by atoms with Gasteiger partial charge in [0.05, 0.1) is 4.90 Å². The van der Waals surface area contributed by atoms with Crippen molar-refractivity contribution in [3.63, 3.8) is 0 Å². The average molecular weight is 470 g/mol. The number of sulfonamides is 1. The van der Waals surface area contributed by atoms with Crippen LogP contribution >= 0.6 is 15.9 Å². The fourth-order valence-corrected chi connectivity index (χ4v) is 6.32. The summed E-state index contributed by atoms with van der Waals surface area (Å²) in [5.41, 5.74) is 1.79. The molecule has 6 nitrogen and oxygen atoms in total. The minimum absolute atomic E-state index is 0.127. The van der Waals surface area contributed by atoms with Crippen LogP contribution in [-0.2, 0) is 21.2 Å². The van der Waals surface area contributed by atoms with Crippen LogP contribution in [0.4, 0.5) is 5.69 Å². The summed E-state index contributed by atoms with van der Waals surface area (Å²) in [7, 11) is -3.62. The zero-order valence-corrected chi connectivity index (χ0v) is 18.5. The van der Waals surface area contributed by atoms with Crippen molar-refractivity contribution in [3.8, 4) is 0 Å². The van der Waals surface area contributed by atoms with Gasteiger partial charge in [0, 0.05) is 29.2 Å². The molecule has 1 aromatic carbocycles. The highest BCUT2D eigenvalue weighted by Gasteiger charge is 2.37. The van der Waals surface area contributed by atoms with Gasteiger partial charge in [-0.05, 0) is 91.8 Å². The molecule has 1 saturated carbocycles. The third-order valence-electron chi connectivity index (χ3n) is 5.90. The van der Waals surface area contributed by atoms with Crippen molar-refractivity contribution >= 4 is 37.5 Å². The van der Waals surface area contributed by atoms with Gasteiger partial charge in [-0.15, -0.1) is 0 Å². The molecule has 4 rings (SSSR count). The van der Waals surface area contributed by atoms with Gasteiger partial charge in [-0.25, -0.2) is 13.1 Å². The molecule has 0 unspecified atom stereocenters. The molecule has 28 heavy (non-hydrogen) atoms. The van der Waals surface area contributed by atoms with Crippen LogP contribution < -0.4 is 9.62 Å². The van der Waals surface area contributed by atoms with Crippen LogP contribution in [0.15, 0.2) is 21.5 Å². The fourth-order valence-electron chi connectivity index (χ4n) is 4.14. The first-order valence-corrected chi connectivity index (χ1v) is 12.6. The van der Waals surface area contributed by atoms with E-state index in [0.717, 1.165) is 56.6 Å². The lowest BCUT2D eigenvalue weighted by atomic mass is 10.1. The van der Waals surface area contributed by atoms with Crippen LogP contribution in [0.3, 0.4) is 0 Å². The second kappa shape index (κ2) is 8.42. The molecule has 154 valence electrons. The van der Waals surface area contributed by atoms with E-state index in [2.05, 4.69) is 25.6 Å². The van der Waals surface area contributed by atoms with Crippen molar-refractivity contribution < 1.29 is 13.2 Å². The maximum Gasteiger partial charge on any atom is 0.241 e. The van der Waals surface area contributed by atoms with Crippen LogP contribution in [0, 0.1) is 5.92 Å². The molecule has 1 saturated heterocycles. The average Bonchev–Trinajstić information content (AvgIpc) is 3.45. The molecule has 0 atom stereocenters. The summed E-state index contributed by atoms with van der Waals surface area (Å²) in [6, 6.07) is 3.53. The standard InChI is InChI=1S/C20H28BrN3O3S/c21-17-13-16-7-12-24(20(25)15-5-6-15)18(16)14-19(17)28(26,27)22-8-4-11-23-9-2-1-3-10-23/h13-15,22H,1-12H2. The highest BCUT2D eigenvalue weighted by molar-refractivity contribution is 9.10. The summed E-state index contributed by atoms with van der Waals surface area (Å²) in [5.74, 6) is 0.265. The number of amides is 1. The molecule has 2 fully saturated rings. The van der Waals surface area contributed by atoms with Gasteiger partial charge in [-0.1, -0.05) is 6.42 Å². The Morgan fingerprint density at radius 1 is 1.14 bits per heavy atom. The van der Waals surface area contributed by atoms with Crippen molar-refractivity contribution in [2.24, 2.45) is 5.92 Å². The Kier molecular flexibility index (Phi) is 6.11. The monoisotopic (exact) mass is 469 g/mol. The van der Waals surface area contributed by atoms with Gasteiger partial charge >= 0.3 is 0 Å². The molecule has 1 amide bonds. The number of nitrogens with zero attached hydrogens (tertiary/aromatic N) is 2. The number of piperidine rings is 1. The molecule has 0 bridgehead atoms. The summed E-state index contributed by atoms with van der Waals surface area (Å²) >= 11 is 3.42. The maximum absolute atomic E-state index is 12.9. The number of hydrogen-bond donors (Lipinski definition) is 1. The zero-order valence-electron chi connectivity index (χ0n) is 16.1. The summed E-state index contributed by atoms with van der Waals surface area (Å²) in [6.07, 6.45) is 7.25. The smallest absolute Gasteiger partial charge is 0.241 e. The number of nitrogens with one attached hydrogen (secondary N) is 1. The van der Waals surface area contributed by atoms with Crippen molar-refractivity contribution in [2.75, 3.05) is 37.6 Å². The van der Waals surface area contributed by atoms with Crippen LogP contribution in [0.5, 0.6) is 0 Å². The largest absolute Gasteiger partial charge is 0.312 e. The number of rotatable bonds is 7. The van der Waals surface area contributed by atoms with Crippen LogP contribution in [-0.4, -0.2) is 51.9 Å². The molecular formula is C20H28BrN3O3S. The second-order valence-corrected chi connectivity index (χ2v) is 10.7. The maximum atomic E-state index is 12.9.